The summed E-state index contributed by atoms with van der Waals surface area (Å²) in [5.74, 6) is -0.437. The third-order valence-corrected chi connectivity index (χ3v) is 4.52. The van der Waals surface area contributed by atoms with E-state index in [2.05, 4.69) is 5.32 Å². The number of nitrogens with one attached hydrogen (secondary N) is 1. The van der Waals surface area contributed by atoms with Gasteiger partial charge < -0.3 is 10.1 Å². The Kier molecular flexibility index (Phi) is 6.39. The second-order valence-electron chi connectivity index (χ2n) is 6.43. The van der Waals surface area contributed by atoms with Crippen LogP contribution in [0, 0.1) is 0 Å². The molecule has 0 bridgehead atoms. The van der Waals surface area contributed by atoms with Crippen LogP contribution in [0.25, 0.3) is 0 Å². The van der Waals surface area contributed by atoms with E-state index in [9.17, 15) is 9.59 Å². The molecule has 26 heavy (non-hydrogen) atoms. The Morgan fingerprint density at radius 3 is 2.38 bits per heavy atom. The van der Waals surface area contributed by atoms with Crippen LogP contribution in [0.15, 0.2) is 60.7 Å². The van der Waals surface area contributed by atoms with Gasteiger partial charge in [-0.3, -0.25) is 14.5 Å². The van der Waals surface area contributed by atoms with Gasteiger partial charge in [0, 0.05) is 19.6 Å². The molecule has 5 heteroatoms. The standard InChI is InChI=1S/C21H24N2O3/c24-20(22-12-11-17-7-3-1-4-8-17)15-19-21(25)26-14-13-23(19)16-18-9-5-2-6-10-18/h1-10,19H,11-16H2,(H,22,24)/t19-/m1/s1. The molecule has 1 saturated heterocycles. The maximum atomic E-state index is 12.3. The predicted molar refractivity (Wildman–Crippen MR) is 99.4 cm³/mol. The second-order valence-corrected chi connectivity index (χ2v) is 6.43. The molecule has 1 fully saturated rings. The Morgan fingerprint density at radius 2 is 1.69 bits per heavy atom. The Balaban J connectivity index is 1.52. The zero-order valence-electron chi connectivity index (χ0n) is 14.8. The topological polar surface area (TPSA) is 58.6 Å². The van der Waals surface area contributed by atoms with E-state index in [1.54, 1.807) is 0 Å². The van der Waals surface area contributed by atoms with Gasteiger partial charge in [-0.05, 0) is 17.5 Å². The highest BCUT2D eigenvalue weighted by molar-refractivity contribution is 5.85. The molecule has 0 unspecified atom stereocenters. The average molecular weight is 352 g/mol. The Labute approximate surface area is 154 Å². The van der Waals surface area contributed by atoms with Gasteiger partial charge in [0.25, 0.3) is 0 Å². The summed E-state index contributed by atoms with van der Waals surface area (Å²) in [5, 5.41) is 2.91. The summed E-state index contributed by atoms with van der Waals surface area (Å²) in [6, 6.07) is 19.4. The third-order valence-electron chi connectivity index (χ3n) is 4.52. The zero-order chi connectivity index (χ0) is 18.2. The maximum Gasteiger partial charge on any atom is 0.323 e. The van der Waals surface area contributed by atoms with Gasteiger partial charge >= 0.3 is 5.97 Å². The molecule has 0 spiro atoms. The fourth-order valence-electron chi connectivity index (χ4n) is 3.12. The van der Waals surface area contributed by atoms with Crippen LogP contribution in [0.2, 0.25) is 0 Å². The molecule has 1 aliphatic heterocycles. The van der Waals surface area contributed by atoms with E-state index in [1.165, 1.54) is 5.56 Å². The van der Waals surface area contributed by atoms with E-state index in [0.717, 1.165) is 12.0 Å². The van der Waals surface area contributed by atoms with Crippen LogP contribution in [0.4, 0.5) is 0 Å². The minimum absolute atomic E-state index is 0.122. The van der Waals surface area contributed by atoms with Crippen molar-refractivity contribution in [2.45, 2.75) is 25.4 Å². The van der Waals surface area contributed by atoms with Gasteiger partial charge in [0.1, 0.15) is 12.6 Å². The number of ether oxygens (including phenoxy) is 1. The number of nitrogens with zero attached hydrogens (tertiary/aromatic N) is 1. The minimum atomic E-state index is -0.527. The van der Waals surface area contributed by atoms with E-state index >= 15 is 0 Å². The number of cyclic esters (lactones) is 1. The van der Waals surface area contributed by atoms with E-state index < -0.39 is 6.04 Å². The highest BCUT2D eigenvalue weighted by Crippen LogP contribution is 2.16. The number of carbonyl (C=O) groups is 2. The molecule has 1 N–H and O–H groups in total. The first-order valence-electron chi connectivity index (χ1n) is 8.97. The maximum absolute atomic E-state index is 12.3. The normalized spacial score (nSPS) is 17.5. The van der Waals surface area contributed by atoms with Gasteiger partial charge in [-0.15, -0.1) is 0 Å². The molecule has 0 aromatic heterocycles. The van der Waals surface area contributed by atoms with Crippen molar-refractivity contribution in [3.63, 3.8) is 0 Å². The lowest BCUT2D eigenvalue weighted by molar-refractivity contribution is -0.159. The van der Waals surface area contributed by atoms with Crippen molar-refractivity contribution in [2.24, 2.45) is 0 Å². The lowest BCUT2D eigenvalue weighted by atomic mass is 10.1. The number of carbonyl (C=O) groups excluding carboxylic acids is 2. The van der Waals surface area contributed by atoms with Crippen molar-refractivity contribution in [2.75, 3.05) is 19.7 Å². The lowest BCUT2D eigenvalue weighted by Crippen LogP contribution is -2.50. The number of esters is 1. The molecule has 0 aliphatic carbocycles. The molecular formula is C21H24N2O3. The first-order chi connectivity index (χ1) is 12.7. The van der Waals surface area contributed by atoms with E-state index in [0.29, 0.717) is 26.2 Å². The zero-order valence-corrected chi connectivity index (χ0v) is 14.8. The molecule has 136 valence electrons. The van der Waals surface area contributed by atoms with Crippen molar-refractivity contribution in [1.29, 1.82) is 0 Å². The highest BCUT2D eigenvalue weighted by Gasteiger charge is 2.33. The molecule has 5 nitrogen and oxygen atoms in total. The van der Waals surface area contributed by atoms with Crippen LogP contribution in [-0.2, 0) is 27.3 Å². The first-order valence-corrected chi connectivity index (χ1v) is 8.97. The quantitative estimate of drug-likeness (QED) is 0.776. The van der Waals surface area contributed by atoms with Gasteiger partial charge in [0.05, 0.1) is 6.42 Å². The fourth-order valence-corrected chi connectivity index (χ4v) is 3.12. The van der Waals surface area contributed by atoms with Crippen molar-refractivity contribution in [3.05, 3.63) is 71.8 Å². The van der Waals surface area contributed by atoms with Crippen molar-refractivity contribution in [1.82, 2.24) is 10.2 Å². The first kappa shape index (κ1) is 18.1. The summed E-state index contributed by atoms with van der Waals surface area (Å²) in [4.78, 5) is 26.5. The fraction of sp³-hybridized carbons (Fsp3) is 0.333. The summed E-state index contributed by atoms with van der Waals surface area (Å²) < 4.78 is 5.17. The van der Waals surface area contributed by atoms with Crippen LogP contribution in [0.5, 0.6) is 0 Å². The monoisotopic (exact) mass is 352 g/mol. The second kappa shape index (κ2) is 9.15. The Hall–Kier alpha value is -2.66. The van der Waals surface area contributed by atoms with Crippen LogP contribution in [0.1, 0.15) is 17.5 Å². The van der Waals surface area contributed by atoms with Gasteiger partial charge in [-0.25, -0.2) is 0 Å². The number of hydrogen-bond acceptors (Lipinski definition) is 4. The number of benzene rings is 2. The summed E-state index contributed by atoms with van der Waals surface area (Å²) in [5.41, 5.74) is 2.30. The lowest BCUT2D eigenvalue weighted by Gasteiger charge is -2.33. The van der Waals surface area contributed by atoms with Crippen LogP contribution < -0.4 is 5.32 Å². The molecule has 3 rings (SSSR count). The van der Waals surface area contributed by atoms with Gasteiger partial charge in [-0.1, -0.05) is 60.7 Å². The molecule has 0 radical (unpaired) electrons. The number of morpholine rings is 1. The number of amides is 1. The molecule has 1 amide bonds. The van der Waals surface area contributed by atoms with Gasteiger partial charge in [0.2, 0.25) is 5.91 Å². The number of hydrogen-bond donors (Lipinski definition) is 1. The summed E-state index contributed by atoms with van der Waals surface area (Å²) in [6.07, 6.45) is 0.899. The molecule has 1 atom stereocenters. The molecule has 1 aliphatic rings. The van der Waals surface area contributed by atoms with Crippen LogP contribution >= 0.6 is 0 Å². The molecule has 2 aromatic carbocycles. The molecular weight excluding hydrogens is 328 g/mol. The van der Waals surface area contributed by atoms with Crippen molar-refractivity contribution >= 4 is 11.9 Å². The smallest absolute Gasteiger partial charge is 0.323 e. The SMILES string of the molecule is O=C(C[C@@H]1C(=O)OCCN1Cc1ccccc1)NCCc1ccccc1. The largest absolute Gasteiger partial charge is 0.463 e. The van der Waals surface area contributed by atoms with Gasteiger partial charge in [0.15, 0.2) is 0 Å². The predicted octanol–water partition coefficient (Wildman–Crippen LogP) is 2.16. The molecule has 1 heterocycles. The minimum Gasteiger partial charge on any atom is -0.463 e. The Bertz CT molecular complexity index is 719. The highest BCUT2D eigenvalue weighted by atomic mass is 16.5. The number of rotatable bonds is 7. The van der Waals surface area contributed by atoms with Crippen LogP contribution in [-0.4, -0.2) is 42.5 Å². The summed E-state index contributed by atoms with van der Waals surface area (Å²) >= 11 is 0. The van der Waals surface area contributed by atoms with Crippen molar-refractivity contribution in [3.8, 4) is 0 Å². The summed E-state index contributed by atoms with van der Waals surface area (Å²) in [6.45, 7) is 2.21. The van der Waals surface area contributed by atoms with Gasteiger partial charge in [-0.2, -0.15) is 0 Å². The van der Waals surface area contributed by atoms with E-state index in [1.807, 2.05) is 65.6 Å². The van der Waals surface area contributed by atoms with E-state index in [-0.39, 0.29) is 18.3 Å². The molecule has 2 aromatic rings. The Morgan fingerprint density at radius 1 is 1.04 bits per heavy atom. The molecule has 0 saturated carbocycles. The van der Waals surface area contributed by atoms with Crippen LogP contribution in [0.3, 0.4) is 0 Å². The average Bonchev–Trinajstić information content (AvgIpc) is 2.66. The van der Waals surface area contributed by atoms with Crippen molar-refractivity contribution < 1.29 is 14.3 Å². The summed E-state index contributed by atoms with van der Waals surface area (Å²) in [7, 11) is 0. The van der Waals surface area contributed by atoms with E-state index in [4.69, 9.17) is 4.74 Å². The third kappa shape index (κ3) is 5.17.